The molecular weight excluding hydrogens is 665 g/mol. The van der Waals surface area contributed by atoms with E-state index in [4.69, 9.17) is 32.8 Å². The Hall–Kier alpha value is -3.80. The second-order valence-corrected chi connectivity index (χ2v) is 19.6. The first-order valence-corrected chi connectivity index (χ1v) is 20.4. The van der Waals surface area contributed by atoms with E-state index < -0.39 is 56.6 Å². The fraction of sp³-hybridized carbons (Fsp3) is 0.463. The van der Waals surface area contributed by atoms with Gasteiger partial charge < -0.3 is 32.8 Å². The number of methoxy groups -OCH3 is 1. The first kappa shape index (κ1) is 40.0. The Morgan fingerprint density at radius 1 is 0.843 bits per heavy atom. The summed E-state index contributed by atoms with van der Waals surface area (Å²) in [5.41, 5.74) is 1.74. The molecule has 0 saturated carbocycles. The molecule has 1 aliphatic heterocycles. The number of hydrogen-bond acceptors (Lipinski definition) is 9. The van der Waals surface area contributed by atoms with Crippen LogP contribution in [-0.2, 0) is 34.7 Å². The average molecular weight is 719 g/mol. The van der Waals surface area contributed by atoms with Crippen LogP contribution >= 0.6 is 0 Å². The topological polar surface area (TPSA) is 98.8 Å². The predicted octanol–water partition coefficient (Wildman–Crippen LogP) is 8.54. The molecule has 0 amide bonds. The maximum Gasteiger partial charge on any atom is 0.338 e. The number of rotatable bonds is 16. The molecule has 3 aromatic carbocycles. The quantitative estimate of drug-likeness (QED) is 0.0820. The highest BCUT2D eigenvalue weighted by molar-refractivity contribution is 6.74. The van der Waals surface area contributed by atoms with Crippen LogP contribution in [0, 0.1) is 0 Å². The van der Waals surface area contributed by atoms with Crippen LogP contribution in [0.15, 0.2) is 97.1 Å². The smallest absolute Gasteiger partial charge is 0.338 e. The molecular formula is C41H54O9Si. The lowest BCUT2D eigenvalue weighted by molar-refractivity contribution is -0.153. The van der Waals surface area contributed by atoms with Crippen LogP contribution in [-0.4, -0.2) is 70.3 Å². The summed E-state index contributed by atoms with van der Waals surface area (Å²) in [5, 5.41) is 0.0523. The Labute approximate surface area is 304 Å². The van der Waals surface area contributed by atoms with Gasteiger partial charge in [0.25, 0.3) is 0 Å². The third kappa shape index (κ3) is 11.6. The Balaban J connectivity index is 1.62. The van der Waals surface area contributed by atoms with Crippen LogP contribution in [0.2, 0.25) is 18.1 Å². The van der Waals surface area contributed by atoms with E-state index >= 15 is 0 Å². The molecule has 9 nitrogen and oxygen atoms in total. The second-order valence-electron chi connectivity index (χ2n) is 14.8. The molecule has 0 aromatic heterocycles. The van der Waals surface area contributed by atoms with Crippen molar-refractivity contribution in [2.24, 2.45) is 0 Å². The summed E-state index contributed by atoms with van der Waals surface area (Å²) in [6.45, 7) is 17.2. The van der Waals surface area contributed by atoms with Crippen molar-refractivity contribution in [2.75, 3.05) is 13.7 Å². The molecule has 5 atom stereocenters. The van der Waals surface area contributed by atoms with Gasteiger partial charge in [-0.1, -0.05) is 75.4 Å². The first-order valence-electron chi connectivity index (χ1n) is 17.5. The summed E-state index contributed by atoms with van der Waals surface area (Å²) in [4.78, 5) is 26.6. The SMILES string of the molecule is COc1ccc(CO[C@H](/C=C\C(OC(=O)c2ccccc2)[C@H]2OC(C)(C)O[C@H]2CCO[Si](C)(C)C(C)(C)C)[C@H](C)OC(=O)c2ccccc2)cc1. The minimum atomic E-state index is -2.02. The van der Waals surface area contributed by atoms with Crippen LogP contribution < -0.4 is 4.74 Å². The molecule has 3 aromatic rings. The zero-order valence-corrected chi connectivity index (χ0v) is 32.4. The van der Waals surface area contributed by atoms with Gasteiger partial charge in [0.15, 0.2) is 14.1 Å². The summed E-state index contributed by atoms with van der Waals surface area (Å²) < 4.78 is 43.1. The normalized spacial score (nSPS) is 19.3. The van der Waals surface area contributed by atoms with Crippen molar-refractivity contribution < 1.29 is 42.4 Å². The van der Waals surface area contributed by atoms with E-state index in [-0.39, 0.29) is 11.6 Å². The average Bonchev–Trinajstić information content (AvgIpc) is 3.41. The zero-order valence-electron chi connectivity index (χ0n) is 31.4. The van der Waals surface area contributed by atoms with Gasteiger partial charge >= 0.3 is 11.9 Å². The minimum Gasteiger partial charge on any atom is -0.497 e. The number of esters is 2. The first-order chi connectivity index (χ1) is 24.1. The number of carbonyl (C=O) groups excluding carboxylic acids is 2. The van der Waals surface area contributed by atoms with Gasteiger partial charge in [0.05, 0.1) is 30.9 Å². The Kier molecular flexibility index (Phi) is 13.8. The second kappa shape index (κ2) is 17.6. The van der Waals surface area contributed by atoms with Crippen LogP contribution in [0.5, 0.6) is 5.75 Å². The molecule has 0 N–H and O–H groups in total. The molecule has 1 aliphatic rings. The van der Waals surface area contributed by atoms with Crippen LogP contribution in [0.3, 0.4) is 0 Å². The summed E-state index contributed by atoms with van der Waals surface area (Å²) in [6, 6.07) is 25.1. The zero-order chi connectivity index (χ0) is 37.2. The van der Waals surface area contributed by atoms with E-state index in [2.05, 4.69) is 33.9 Å². The third-order valence-corrected chi connectivity index (χ3v) is 13.9. The highest BCUT2D eigenvalue weighted by Crippen LogP contribution is 2.38. The summed E-state index contributed by atoms with van der Waals surface area (Å²) in [7, 11) is -0.403. The van der Waals surface area contributed by atoms with Crippen molar-refractivity contribution in [1.82, 2.24) is 0 Å². The number of benzene rings is 3. The predicted molar refractivity (Wildman–Crippen MR) is 199 cm³/mol. The van der Waals surface area contributed by atoms with Gasteiger partial charge in [0.2, 0.25) is 0 Å². The Bertz CT molecular complexity index is 1570. The number of carbonyl (C=O) groups is 2. The number of ether oxygens (including phenoxy) is 6. The highest BCUT2D eigenvalue weighted by Gasteiger charge is 2.46. The van der Waals surface area contributed by atoms with Crippen molar-refractivity contribution in [1.29, 1.82) is 0 Å². The molecule has 0 radical (unpaired) electrons. The molecule has 0 spiro atoms. The highest BCUT2D eigenvalue weighted by atomic mass is 28.4. The third-order valence-electron chi connectivity index (χ3n) is 9.33. The fourth-order valence-corrected chi connectivity index (χ4v) is 6.41. The molecule has 276 valence electrons. The fourth-order valence-electron chi connectivity index (χ4n) is 5.35. The van der Waals surface area contributed by atoms with Crippen LogP contribution in [0.4, 0.5) is 0 Å². The maximum absolute atomic E-state index is 13.5. The molecule has 0 bridgehead atoms. The molecule has 1 heterocycles. The largest absolute Gasteiger partial charge is 0.497 e. The van der Waals surface area contributed by atoms with Gasteiger partial charge in [-0.3, -0.25) is 0 Å². The lowest BCUT2D eigenvalue weighted by atomic mass is 10.0. The van der Waals surface area contributed by atoms with E-state index in [1.54, 1.807) is 74.7 Å². The standard InChI is InChI=1S/C41H54O9Si/c1-29(47-38(42)31-16-12-10-13-17-31)34(45-28-30-20-22-33(44-7)23-21-30)24-25-35(48-39(43)32-18-14-11-15-19-32)37-36(49-41(5,6)50-37)26-27-46-51(8,9)40(2,3)4/h10-25,29,34-37H,26-28H2,1-9H3/b25-24-/t29-,34+,35?,36-,37+/m0/s1. The van der Waals surface area contributed by atoms with E-state index in [0.717, 1.165) is 11.3 Å². The van der Waals surface area contributed by atoms with Crippen LogP contribution in [0.1, 0.15) is 74.2 Å². The lowest BCUT2D eigenvalue weighted by Gasteiger charge is -2.36. The van der Waals surface area contributed by atoms with Crippen molar-refractivity contribution in [3.8, 4) is 5.75 Å². The van der Waals surface area contributed by atoms with Crippen molar-refractivity contribution >= 4 is 20.3 Å². The van der Waals surface area contributed by atoms with Crippen molar-refractivity contribution in [2.45, 2.75) is 109 Å². The van der Waals surface area contributed by atoms with Gasteiger partial charge in [-0.15, -0.1) is 0 Å². The molecule has 51 heavy (non-hydrogen) atoms. The molecule has 10 heteroatoms. The Morgan fingerprint density at radius 3 is 1.96 bits per heavy atom. The van der Waals surface area contributed by atoms with E-state index in [1.807, 2.05) is 50.2 Å². The van der Waals surface area contributed by atoms with Gasteiger partial charge in [0.1, 0.15) is 30.2 Å². The summed E-state index contributed by atoms with van der Waals surface area (Å²) >= 11 is 0. The van der Waals surface area contributed by atoms with Gasteiger partial charge in [-0.05, 0) is 93.4 Å². The van der Waals surface area contributed by atoms with Gasteiger partial charge in [0, 0.05) is 6.61 Å². The molecule has 1 fully saturated rings. The molecule has 1 saturated heterocycles. The summed E-state index contributed by atoms with van der Waals surface area (Å²) in [6.07, 6.45) is 0.678. The maximum atomic E-state index is 13.5. The Morgan fingerprint density at radius 2 is 1.41 bits per heavy atom. The number of hydrogen-bond donors (Lipinski definition) is 0. The van der Waals surface area contributed by atoms with E-state index in [9.17, 15) is 9.59 Å². The summed E-state index contributed by atoms with van der Waals surface area (Å²) in [5.74, 6) is -1.18. The van der Waals surface area contributed by atoms with E-state index in [0.29, 0.717) is 24.2 Å². The van der Waals surface area contributed by atoms with Crippen LogP contribution in [0.25, 0.3) is 0 Å². The van der Waals surface area contributed by atoms with Crippen molar-refractivity contribution in [3.63, 3.8) is 0 Å². The molecule has 0 aliphatic carbocycles. The monoisotopic (exact) mass is 718 g/mol. The van der Waals surface area contributed by atoms with Gasteiger partial charge in [-0.25, -0.2) is 9.59 Å². The lowest BCUT2D eigenvalue weighted by Crippen LogP contribution is -2.42. The minimum absolute atomic E-state index is 0.0523. The molecule has 4 rings (SSSR count). The van der Waals surface area contributed by atoms with E-state index in [1.165, 1.54) is 0 Å². The van der Waals surface area contributed by atoms with Crippen molar-refractivity contribution in [3.05, 3.63) is 114 Å². The molecule has 1 unspecified atom stereocenters. The van der Waals surface area contributed by atoms with Gasteiger partial charge in [-0.2, -0.15) is 0 Å².